The Morgan fingerprint density at radius 2 is 0.982 bits per heavy atom. The first-order valence-corrected chi connectivity index (χ1v) is 19.6. The van der Waals surface area contributed by atoms with Gasteiger partial charge < -0.3 is 0 Å². The summed E-state index contributed by atoms with van der Waals surface area (Å²) < 4.78 is 0. The highest BCUT2D eigenvalue weighted by atomic mass is 14.8. The van der Waals surface area contributed by atoms with Crippen molar-refractivity contribution >= 4 is 34.7 Å². The van der Waals surface area contributed by atoms with Gasteiger partial charge >= 0.3 is 0 Å². The minimum Gasteiger partial charge on any atom is -0.252 e. The van der Waals surface area contributed by atoms with Crippen LogP contribution in [0.4, 0.5) is 0 Å². The molecule has 1 nitrogen and oxygen atoms in total. The zero-order valence-electron chi connectivity index (χ0n) is 34.9. The van der Waals surface area contributed by atoms with Crippen molar-refractivity contribution in [1.29, 1.82) is 0 Å². The molecule has 1 heteroatoms. The van der Waals surface area contributed by atoms with Crippen molar-refractivity contribution in [1.82, 2.24) is 0 Å². The number of nitrogens with zero attached hydrogens (tertiary/aromatic N) is 1. The van der Waals surface area contributed by atoms with E-state index in [4.69, 9.17) is 4.99 Å². The Kier molecular flexibility index (Phi) is 18.0. The van der Waals surface area contributed by atoms with Crippen molar-refractivity contribution < 1.29 is 0 Å². The van der Waals surface area contributed by atoms with E-state index >= 15 is 0 Å². The molecule has 284 valence electrons. The zero-order valence-corrected chi connectivity index (χ0v) is 34.9. The minimum absolute atomic E-state index is 0.888. The van der Waals surface area contributed by atoms with Crippen molar-refractivity contribution in [3.8, 4) is 11.1 Å². The molecule has 0 saturated carbocycles. The molecule has 0 bridgehead atoms. The lowest BCUT2D eigenvalue weighted by molar-refractivity contribution is 1.36. The second-order valence-electron chi connectivity index (χ2n) is 12.8. The smallest absolute Gasteiger partial charge is 0.0740 e. The van der Waals surface area contributed by atoms with Gasteiger partial charge in [0.25, 0.3) is 0 Å². The highest BCUT2D eigenvalue weighted by Crippen LogP contribution is 2.31. The normalized spacial score (nSPS) is 13.3. The summed E-state index contributed by atoms with van der Waals surface area (Å²) in [6, 6.07) is 42.9. The Hall–Kier alpha value is -6.31. The van der Waals surface area contributed by atoms with Crippen molar-refractivity contribution in [2.24, 2.45) is 4.99 Å². The average Bonchev–Trinajstić information content (AvgIpc) is 3.26. The first-order chi connectivity index (χ1) is 27.2. The van der Waals surface area contributed by atoms with Gasteiger partial charge in [-0.15, -0.1) is 0 Å². The summed E-state index contributed by atoms with van der Waals surface area (Å²) in [4.78, 5) is 5.19. The molecule has 0 heterocycles. The van der Waals surface area contributed by atoms with Crippen LogP contribution in [-0.2, 0) is 0 Å². The topological polar surface area (TPSA) is 12.4 Å². The maximum absolute atomic E-state index is 5.19. The first kappa shape index (κ1) is 44.1. The van der Waals surface area contributed by atoms with Gasteiger partial charge in [-0.25, -0.2) is 0 Å². The van der Waals surface area contributed by atoms with Gasteiger partial charge in [0, 0.05) is 11.3 Å². The van der Waals surface area contributed by atoms with Gasteiger partial charge in [0.1, 0.15) is 0 Å². The van der Waals surface area contributed by atoms with Crippen molar-refractivity contribution in [2.75, 3.05) is 0 Å². The molecule has 0 amide bonds. The van der Waals surface area contributed by atoms with E-state index < -0.39 is 0 Å². The summed E-state index contributed by atoms with van der Waals surface area (Å²) in [7, 11) is 0. The number of aliphatic imine (C=N–C) groups is 1. The van der Waals surface area contributed by atoms with Gasteiger partial charge in [0.05, 0.1) is 5.70 Å². The van der Waals surface area contributed by atoms with Gasteiger partial charge in [0.15, 0.2) is 0 Å². The van der Waals surface area contributed by atoms with E-state index in [9.17, 15) is 0 Å². The number of benzene rings is 5. The largest absolute Gasteiger partial charge is 0.252 e. The summed E-state index contributed by atoms with van der Waals surface area (Å²) in [5, 5.41) is 4.65. The number of hydrogen-bond donors (Lipinski definition) is 0. The highest BCUT2D eigenvalue weighted by molar-refractivity contribution is 6.02. The predicted molar refractivity (Wildman–Crippen MR) is 251 cm³/mol. The zero-order chi connectivity index (χ0) is 41.0. The van der Waals surface area contributed by atoms with Gasteiger partial charge in [-0.05, 0) is 117 Å². The van der Waals surface area contributed by atoms with E-state index in [0.717, 1.165) is 66.4 Å². The van der Waals surface area contributed by atoms with Crippen molar-refractivity contribution in [2.45, 2.75) is 55.4 Å². The highest BCUT2D eigenvalue weighted by Gasteiger charge is 2.12. The van der Waals surface area contributed by atoms with Crippen LogP contribution in [0.3, 0.4) is 0 Å². The molecule has 56 heavy (non-hydrogen) atoms. The third-order valence-electron chi connectivity index (χ3n) is 9.36. The molecule has 0 saturated heterocycles. The summed E-state index contributed by atoms with van der Waals surface area (Å²) in [5.41, 5.74) is 12.8. The molecule has 0 N–H and O–H groups in total. The molecule has 0 fully saturated rings. The number of rotatable bonds is 11. The number of hydrogen-bond acceptors (Lipinski definition) is 1. The molecule has 0 unspecified atom stereocenters. The first-order valence-electron chi connectivity index (χ1n) is 19.6. The molecule has 5 rings (SSSR count). The van der Waals surface area contributed by atoms with Crippen LogP contribution in [0.2, 0.25) is 0 Å². The molecule has 5 aromatic carbocycles. The standard InChI is InChI=1S/C51H47N.2C2H6/c1-9-12-22-36(4)37(5)51(52-40(8)41-23-14-13-15-24-41)45-31-29-42(30-32-45)48-34-46(38(6)49-27-18-16-25-43(49)20-10-2)33-47(35-48)39(7)50-28-19-17-26-44(50)21-11-3;2*1-2/h9-35H,1-4H2,5-8H3;2*1-2H3/b22-12-,43-20-,44-21-,49-38+,50-39+,51-37-,52-40?;;. The van der Waals surface area contributed by atoms with Crippen molar-refractivity contribution in [3.63, 3.8) is 0 Å². The van der Waals surface area contributed by atoms with E-state index in [1.165, 1.54) is 21.6 Å². The van der Waals surface area contributed by atoms with Crippen LogP contribution in [0.5, 0.6) is 0 Å². The molecule has 0 aromatic heterocycles. The molecular formula is C55H59N. The summed E-state index contributed by atoms with van der Waals surface area (Å²) in [6.45, 7) is 32.6. The molecule has 0 atom stereocenters. The minimum atomic E-state index is 0.888. The van der Waals surface area contributed by atoms with Crippen LogP contribution in [-0.4, -0.2) is 5.71 Å². The van der Waals surface area contributed by atoms with E-state index in [-0.39, 0.29) is 0 Å². The third-order valence-corrected chi connectivity index (χ3v) is 9.36. The molecule has 0 aliphatic carbocycles. The van der Waals surface area contributed by atoms with E-state index in [0.29, 0.717) is 0 Å². The summed E-state index contributed by atoms with van der Waals surface area (Å²) in [5.74, 6) is 0. The van der Waals surface area contributed by atoms with E-state index in [1.54, 1.807) is 6.08 Å². The molecule has 0 radical (unpaired) electrons. The maximum atomic E-state index is 5.19. The summed E-state index contributed by atoms with van der Waals surface area (Å²) >= 11 is 0. The van der Waals surface area contributed by atoms with Crippen LogP contribution in [0, 0.1) is 0 Å². The quantitative estimate of drug-likeness (QED) is 0.0947. The molecule has 5 aromatic rings. The second-order valence-corrected chi connectivity index (χ2v) is 12.8. The Bertz CT molecular complexity index is 2380. The lowest BCUT2D eigenvalue weighted by Crippen LogP contribution is -2.26. The second kappa shape index (κ2) is 22.8. The Morgan fingerprint density at radius 1 is 0.500 bits per heavy atom. The van der Waals surface area contributed by atoms with Gasteiger partial charge in [-0.3, -0.25) is 4.99 Å². The fraction of sp³-hybridized carbons (Fsp3) is 0.145. The Morgan fingerprint density at radius 3 is 1.46 bits per heavy atom. The summed E-state index contributed by atoms with van der Waals surface area (Å²) in [6.07, 6.45) is 13.5. The third kappa shape index (κ3) is 11.4. The Balaban J connectivity index is 0.00000204. The van der Waals surface area contributed by atoms with Crippen molar-refractivity contribution in [3.05, 3.63) is 232 Å². The number of allylic oxidation sites excluding steroid dienone is 7. The monoisotopic (exact) mass is 733 g/mol. The Labute approximate surface area is 337 Å². The average molecular weight is 734 g/mol. The maximum Gasteiger partial charge on any atom is 0.0740 e. The molecule has 0 aliphatic heterocycles. The lowest BCUT2D eigenvalue weighted by Gasteiger charge is -2.14. The van der Waals surface area contributed by atoms with E-state index in [1.807, 2.05) is 70.2 Å². The van der Waals surface area contributed by atoms with Gasteiger partial charge in [-0.2, -0.15) is 0 Å². The van der Waals surface area contributed by atoms with Gasteiger partial charge in [-0.1, -0.05) is 200 Å². The fourth-order valence-electron chi connectivity index (χ4n) is 6.32. The van der Waals surface area contributed by atoms with Crippen LogP contribution >= 0.6 is 0 Å². The molecular weight excluding hydrogens is 675 g/mol. The molecule has 0 aliphatic rings. The fourth-order valence-corrected chi connectivity index (χ4v) is 6.32. The van der Waals surface area contributed by atoms with Crippen LogP contribution in [0.15, 0.2) is 194 Å². The van der Waals surface area contributed by atoms with Crippen LogP contribution < -0.4 is 20.9 Å². The van der Waals surface area contributed by atoms with Crippen LogP contribution in [0.25, 0.3) is 40.1 Å². The SMILES string of the molecule is C=C/C=C\C(=C)/C(C)=C(\N=C(C)c1ccccc1)c1ccc(-c2cc(/C(C)=c3\cccc\c3=C\C=C)cc(/C(C)=c3\cccc\c3=C\C=C)c2)cc1.CC.CC. The van der Waals surface area contributed by atoms with Crippen LogP contribution in [0.1, 0.15) is 77.6 Å². The predicted octanol–water partition coefficient (Wildman–Crippen LogP) is 12.3. The van der Waals surface area contributed by atoms with E-state index in [2.05, 4.69) is 169 Å². The van der Waals surface area contributed by atoms with Gasteiger partial charge in [0.2, 0.25) is 0 Å². The molecule has 0 spiro atoms. The lowest BCUT2D eigenvalue weighted by atomic mass is 9.91.